The average molecular weight is 254 g/mol. The van der Waals surface area contributed by atoms with Crippen LogP contribution in [-0.2, 0) is 0 Å². The highest BCUT2D eigenvalue weighted by Crippen LogP contribution is 2.27. The summed E-state index contributed by atoms with van der Waals surface area (Å²) in [7, 11) is 0. The normalized spacial score (nSPS) is 25.7. The van der Waals surface area contributed by atoms with E-state index in [1.165, 1.54) is 51.7 Å². The number of piperazine rings is 1. The van der Waals surface area contributed by atoms with Crippen LogP contribution in [0.5, 0.6) is 0 Å². The predicted octanol–water partition coefficient (Wildman–Crippen LogP) is 1.96. The Hall–Kier alpha value is -0.120. The zero-order valence-corrected chi connectivity index (χ0v) is 12.0. The van der Waals surface area contributed by atoms with E-state index in [4.69, 9.17) is 0 Å². The molecule has 1 aliphatic heterocycles. The number of hydrogen-bond donors (Lipinski definition) is 1. The first-order valence-electron chi connectivity index (χ1n) is 7.90. The van der Waals surface area contributed by atoms with Gasteiger partial charge in [0.15, 0.2) is 0 Å². The molecule has 2 aliphatic rings. The second kappa shape index (κ2) is 7.46. The van der Waals surface area contributed by atoms with E-state index in [0.29, 0.717) is 12.6 Å². The highest BCUT2D eigenvalue weighted by Gasteiger charge is 2.23. The minimum Gasteiger partial charge on any atom is -0.395 e. The minimum atomic E-state index is 0.318. The van der Waals surface area contributed by atoms with Crippen LogP contribution in [0.15, 0.2) is 0 Å². The lowest BCUT2D eigenvalue weighted by Crippen LogP contribution is -2.51. The van der Waals surface area contributed by atoms with Crippen molar-refractivity contribution in [3.8, 4) is 0 Å². The largest absolute Gasteiger partial charge is 0.395 e. The van der Waals surface area contributed by atoms with Gasteiger partial charge in [-0.2, -0.15) is 0 Å². The first-order chi connectivity index (χ1) is 8.83. The maximum absolute atomic E-state index is 9.34. The zero-order chi connectivity index (χ0) is 12.8. The zero-order valence-electron chi connectivity index (χ0n) is 12.0. The van der Waals surface area contributed by atoms with Gasteiger partial charge in [-0.05, 0) is 25.3 Å². The molecule has 0 radical (unpaired) electrons. The Kier molecular flexibility index (Phi) is 5.93. The highest BCUT2D eigenvalue weighted by molar-refractivity contribution is 4.78. The number of aliphatic hydroxyl groups is 1. The highest BCUT2D eigenvalue weighted by atomic mass is 16.3. The van der Waals surface area contributed by atoms with E-state index in [0.717, 1.165) is 25.4 Å². The number of rotatable bonds is 6. The molecule has 1 unspecified atom stereocenters. The molecule has 1 heterocycles. The fourth-order valence-corrected chi connectivity index (χ4v) is 3.52. The molecule has 0 aromatic rings. The van der Waals surface area contributed by atoms with Gasteiger partial charge in [0.25, 0.3) is 0 Å². The molecular weight excluding hydrogens is 224 g/mol. The molecule has 1 saturated heterocycles. The molecule has 0 bridgehead atoms. The van der Waals surface area contributed by atoms with Crippen LogP contribution < -0.4 is 0 Å². The van der Waals surface area contributed by atoms with Crippen molar-refractivity contribution in [1.82, 2.24) is 9.80 Å². The molecule has 1 saturated carbocycles. The van der Waals surface area contributed by atoms with E-state index in [-0.39, 0.29) is 0 Å². The summed E-state index contributed by atoms with van der Waals surface area (Å²) in [4.78, 5) is 5.09. The van der Waals surface area contributed by atoms with Gasteiger partial charge in [-0.1, -0.05) is 32.6 Å². The van der Waals surface area contributed by atoms with Crippen LogP contribution in [-0.4, -0.2) is 60.3 Å². The lowest BCUT2D eigenvalue weighted by molar-refractivity contribution is 0.0616. The maximum Gasteiger partial charge on any atom is 0.0586 e. The van der Waals surface area contributed by atoms with Crippen LogP contribution >= 0.6 is 0 Å². The Labute approximate surface area is 112 Å². The third-order valence-electron chi connectivity index (χ3n) is 4.93. The Balaban J connectivity index is 1.63. The number of aliphatic hydroxyl groups excluding tert-OH is 1. The summed E-state index contributed by atoms with van der Waals surface area (Å²) in [6.45, 7) is 8.47. The summed E-state index contributed by atoms with van der Waals surface area (Å²) < 4.78 is 0. The van der Waals surface area contributed by atoms with Crippen molar-refractivity contribution in [2.24, 2.45) is 5.92 Å². The van der Waals surface area contributed by atoms with E-state index >= 15 is 0 Å². The fourth-order valence-electron chi connectivity index (χ4n) is 3.52. The van der Waals surface area contributed by atoms with Gasteiger partial charge < -0.3 is 10.0 Å². The predicted molar refractivity (Wildman–Crippen MR) is 75.8 cm³/mol. The standard InChI is InChI=1S/C15H30N2O/c1-2-15(13-18)17-11-9-16(10-12-17)8-7-14-5-3-4-6-14/h14-15,18H,2-13H2,1H3. The Morgan fingerprint density at radius 1 is 1.11 bits per heavy atom. The molecule has 1 N–H and O–H groups in total. The molecule has 2 fully saturated rings. The molecule has 0 aromatic heterocycles. The summed E-state index contributed by atoms with van der Waals surface area (Å²) in [5, 5.41) is 9.34. The summed E-state index contributed by atoms with van der Waals surface area (Å²) in [6.07, 6.45) is 8.36. The maximum atomic E-state index is 9.34. The second-order valence-corrected chi connectivity index (χ2v) is 6.06. The van der Waals surface area contributed by atoms with Gasteiger partial charge in [0, 0.05) is 32.2 Å². The van der Waals surface area contributed by atoms with E-state index in [1.807, 2.05) is 0 Å². The third kappa shape index (κ3) is 3.94. The van der Waals surface area contributed by atoms with Gasteiger partial charge in [-0.25, -0.2) is 0 Å². The van der Waals surface area contributed by atoms with Crippen molar-refractivity contribution in [2.45, 2.75) is 51.5 Å². The third-order valence-corrected chi connectivity index (χ3v) is 4.93. The fraction of sp³-hybridized carbons (Fsp3) is 1.00. The Morgan fingerprint density at radius 2 is 1.78 bits per heavy atom. The Bertz CT molecular complexity index is 217. The molecule has 2 rings (SSSR count). The Morgan fingerprint density at radius 3 is 2.33 bits per heavy atom. The van der Waals surface area contributed by atoms with Crippen LogP contribution in [0.2, 0.25) is 0 Å². The van der Waals surface area contributed by atoms with Crippen LogP contribution in [0.4, 0.5) is 0 Å². The van der Waals surface area contributed by atoms with E-state index in [2.05, 4.69) is 16.7 Å². The molecule has 0 spiro atoms. The molecular formula is C15H30N2O. The summed E-state index contributed by atoms with van der Waals surface area (Å²) in [5.41, 5.74) is 0. The number of hydrogen-bond acceptors (Lipinski definition) is 3. The molecule has 18 heavy (non-hydrogen) atoms. The molecule has 3 nitrogen and oxygen atoms in total. The molecule has 3 heteroatoms. The summed E-state index contributed by atoms with van der Waals surface area (Å²) >= 11 is 0. The van der Waals surface area contributed by atoms with Crippen molar-refractivity contribution < 1.29 is 5.11 Å². The van der Waals surface area contributed by atoms with Crippen molar-refractivity contribution in [1.29, 1.82) is 0 Å². The van der Waals surface area contributed by atoms with Crippen molar-refractivity contribution in [2.75, 3.05) is 39.3 Å². The molecule has 0 amide bonds. The van der Waals surface area contributed by atoms with Gasteiger partial charge in [-0.15, -0.1) is 0 Å². The van der Waals surface area contributed by atoms with Gasteiger partial charge in [0.05, 0.1) is 6.61 Å². The van der Waals surface area contributed by atoms with Crippen LogP contribution in [0.3, 0.4) is 0 Å². The van der Waals surface area contributed by atoms with Gasteiger partial charge in [-0.3, -0.25) is 4.90 Å². The smallest absolute Gasteiger partial charge is 0.0586 e. The quantitative estimate of drug-likeness (QED) is 0.785. The summed E-state index contributed by atoms with van der Waals surface area (Å²) in [6, 6.07) is 0.391. The van der Waals surface area contributed by atoms with E-state index < -0.39 is 0 Å². The van der Waals surface area contributed by atoms with Crippen molar-refractivity contribution >= 4 is 0 Å². The van der Waals surface area contributed by atoms with Crippen molar-refractivity contribution in [3.05, 3.63) is 0 Å². The van der Waals surface area contributed by atoms with Gasteiger partial charge in [0.2, 0.25) is 0 Å². The molecule has 106 valence electrons. The van der Waals surface area contributed by atoms with Crippen LogP contribution in [0, 0.1) is 5.92 Å². The lowest BCUT2D eigenvalue weighted by atomic mass is 10.0. The molecule has 1 atom stereocenters. The topological polar surface area (TPSA) is 26.7 Å². The number of nitrogens with zero attached hydrogens (tertiary/aromatic N) is 2. The van der Waals surface area contributed by atoms with Crippen molar-refractivity contribution in [3.63, 3.8) is 0 Å². The first kappa shape index (κ1) is 14.3. The molecule has 1 aliphatic carbocycles. The summed E-state index contributed by atoms with van der Waals surface area (Å²) in [5.74, 6) is 1.02. The van der Waals surface area contributed by atoms with Gasteiger partial charge >= 0.3 is 0 Å². The lowest BCUT2D eigenvalue weighted by Gasteiger charge is -2.38. The van der Waals surface area contributed by atoms with Crippen LogP contribution in [0.1, 0.15) is 45.4 Å². The SMILES string of the molecule is CCC(CO)N1CCN(CCC2CCCC2)CC1. The average Bonchev–Trinajstić information content (AvgIpc) is 2.92. The molecule has 0 aromatic carbocycles. The van der Waals surface area contributed by atoms with Gasteiger partial charge in [0.1, 0.15) is 0 Å². The van der Waals surface area contributed by atoms with Crippen LogP contribution in [0.25, 0.3) is 0 Å². The van der Waals surface area contributed by atoms with E-state index in [9.17, 15) is 5.11 Å². The second-order valence-electron chi connectivity index (χ2n) is 6.06. The van der Waals surface area contributed by atoms with E-state index in [1.54, 1.807) is 0 Å². The minimum absolute atomic E-state index is 0.318. The monoisotopic (exact) mass is 254 g/mol. The first-order valence-corrected chi connectivity index (χ1v) is 7.90.